The minimum absolute atomic E-state index is 0. The molecule has 0 aromatic carbocycles. The Bertz CT molecular complexity index is 57.7. The Kier molecular flexibility index (Phi) is 12.6. The van der Waals surface area contributed by atoms with Crippen LogP contribution in [0.5, 0.6) is 0 Å². The molecule has 0 saturated carbocycles. The molecular weight excluding hydrogens is 148 g/mol. The molecule has 2 N–H and O–H groups in total. The van der Waals surface area contributed by atoms with Crippen LogP contribution in [0.15, 0.2) is 0 Å². The molecule has 0 aliphatic rings. The molecule has 0 spiro atoms. The summed E-state index contributed by atoms with van der Waals surface area (Å²) in [4.78, 5) is 0. The second kappa shape index (κ2) is 8.98. The average molecular weight is 163 g/mol. The molecule has 0 amide bonds. The van der Waals surface area contributed by atoms with E-state index in [2.05, 4.69) is 10.6 Å². The van der Waals surface area contributed by atoms with Gasteiger partial charge in [-0.1, -0.05) is 0 Å². The summed E-state index contributed by atoms with van der Waals surface area (Å²) in [6.07, 6.45) is 1.33. The SMILES string of the molecule is CNC(CCCl)NC.[H-].[H-].[Mg+2]. The smallest absolute Gasteiger partial charge is 1.00 e. The molecule has 0 fully saturated rings. The zero-order valence-electron chi connectivity index (χ0n) is 8.08. The van der Waals surface area contributed by atoms with E-state index in [1.165, 1.54) is 0 Å². The van der Waals surface area contributed by atoms with Gasteiger partial charge in [-0.25, -0.2) is 0 Å². The maximum atomic E-state index is 5.47. The number of nitrogens with one attached hydrogen (secondary N) is 2. The third-order valence-corrected chi connectivity index (χ3v) is 1.31. The van der Waals surface area contributed by atoms with E-state index in [4.69, 9.17) is 11.6 Å². The monoisotopic (exact) mass is 162 g/mol. The van der Waals surface area contributed by atoms with Gasteiger partial charge in [0.05, 0.1) is 6.17 Å². The number of hydrogen-bond donors (Lipinski definition) is 2. The van der Waals surface area contributed by atoms with Crippen molar-refractivity contribution >= 4 is 34.7 Å². The van der Waals surface area contributed by atoms with Crippen LogP contribution < -0.4 is 10.6 Å². The topological polar surface area (TPSA) is 24.1 Å². The summed E-state index contributed by atoms with van der Waals surface area (Å²) in [5, 5.41) is 6.11. The van der Waals surface area contributed by atoms with E-state index >= 15 is 0 Å². The fourth-order valence-electron chi connectivity index (χ4n) is 0.542. The van der Waals surface area contributed by atoms with Crippen molar-refractivity contribution in [3.63, 3.8) is 0 Å². The summed E-state index contributed by atoms with van der Waals surface area (Å²) in [5.74, 6) is 0.701. The summed E-state index contributed by atoms with van der Waals surface area (Å²) in [5.41, 5.74) is 0. The fraction of sp³-hybridized carbons (Fsp3) is 1.00. The number of alkyl halides is 1. The molecule has 0 aromatic heterocycles. The van der Waals surface area contributed by atoms with Crippen LogP contribution in [0.25, 0.3) is 0 Å². The van der Waals surface area contributed by atoms with Crippen LogP contribution in [-0.4, -0.2) is 49.2 Å². The third kappa shape index (κ3) is 6.87. The van der Waals surface area contributed by atoms with Crippen LogP contribution in [0, 0.1) is 0 Å². The van der Waals surface area contributed by atoms with Crippen molar-refractivity contribution in [2.45, 2.75) is 12.6 Å². The van der Waals surface area contributed by atoms with Crippen molar-refractivity contribution in [2.75, 3.05) is 20.0 Å². The maximum absolute atomic E-state index is 5.47. The Morgan fingerprint density at radius 1 is 1.44 bits per heavy atom. The van der Waals surface area contributed by atoms with Gasteiger partial charge in [-0.2, -0.15) is 0 Å². The average Bonchev–Trinajstić information content (AvgIpc) is 1.83. The first kappa shape index (κ1) is 12.6. The predicted octanol–water partition coefficient (Wildman–Crippen LogP) is 0.224. The van der Waals surface area contributed by atoms with Gasteiger partial charge in [0.15, 0.2) is 0 Å². The second-order valence-corrected chi connectivity index (χ2v) is 1.99. The van der Waals surface area contributed by atoms with Crippen LogP contribution in [0.2, 0.25) is 0 Å². The Morgan fingerprint density at radius 2 is 1.89 bits per heavy atom. The van der Waals surface area contributed by atoms with Crippen molar-refractivity contribution in [1.29, 1.82) is 0 Å². The van der Waals surface area contributed by atoms with Crippen LogP contribution >= 0.6 is 11.6 Å². The van der Waals surface area contributed by atoms with Crippen LogP contribution in [0.1, 0.15) is 9.27 Å². The van der Waals surface area contributed by atoms with E-state index in [1.807, 2.05) is 14.1 Å². The molecule has 0 radical (unpaired) electrons. The van der Waals surface area contributed by atoms with Gasteiger partial charge in [-0.05, 0) is 20.5 Å². The van der Waals surface area contributed by atoms with Crippen LogP contribution in [0.3, 0.4) is 0 Å². The molecule has 0 bridgehead atoms. The second-order valence-electron chi connectivity index (χ2n) is 1.61. The van der Waals surface area contributed by atoms with Gasteiger partial charge in [-0.3, -0.25) is 0 Å². The largest absolute Gasteiger partial charge is 2.00 e. The van der Waals surface area contributed by atoms with Crippen molar-refractivity contribution in [3.05, 3.63) is 0 Å². The first-order chi connectivity index (χ1) is 3.85. The van der Waals surface area contributed by atoms with Crippen molar-refractivity contribution in [3.8, 4) is 0 Å². The Labute approximate surface area is 80.8 Å². The van der Waals surface area contributed by atoms with Crippen LogP contribution in [-0.2, 0) is 0 Å². The maximum Gasteiger partial charge on any atom is 2.00 e. The zero-order valence-corrected chi connectivity index (χ0v) is 8.25. The van der Waals surface area contributed by atoms with Gasteiger partial charge in [0, 0.05) is 5.88 Å². The van der Waals surface area contributed by atoms with E-state index in [0.717, 1.165) is 6.42 Å². The first-order valence-electron chi connectivity index (χ1n) is 2.75. The Morgan fingerprint density at radius 3 is 2.00 bits per heavy atom. The molecule has 0 atom stereocenters. The van der Waals surface area contributed by atoms with Gasteiger partial charge in [-0.15, -0.1) is 11.6 Å². The van der Waals surface area contributed by atoms with Gasteiger partial charge in [0.1, 0.15) is 0 Å². The first-order valence-corrected chi connectivity index (χ1v) is 3.29. The van der Waals surface area contributed by atoms with E-state index in [0.29, 0.717) is 12.0 Å². The van der Waals surface area contributed by atoms with Crippen molar-refractivity contribution in [1.82, 2.24) is 10.6 Å². The molecular formula is C5H15ClMgN2. The van der Waals surface area contributed by atoms with E-state index < -0.39 is 0 Å². The molecule has 0 aromatic rings. The molecule has 0 aliphatic carbocycles. The Hall–Kier alpha value is 0.976. The summed E-state index contributed by atoms with van der Waals surface area (Å²) >= 11 is 5.47. The van der Waals surface area contributed by atoms with Crippen LogP contribution in [0.4, 0.5) is 0 Å². The van der Waals surface area contributed by atoms with Gasteiger partial charge in [0.2, 0.25) is 0 Å². The van der Waals surface area contributed by atoms with Gasteiger partial charge in [0.25, 0.3) is 0 Å². The summed E-state index contributed by atoms with van der Waals surface area (Å²) < 4.78 is 0. The normalized spacial score (nSPS) is 9.33. The quantitative estimate of drug-likeness (QED) is 0.352. The minimum atomic E-state index is 0. The number of rotatable bonds is 4. The van der Waals surface area contributed by atoms with Gasteiger partial charge < -0.3 is 13.5 Å². The van der Waals surface area contributed by atoms with Crippen molar-refractivity contribution in [2.24, 2.45) is 0 Å². The van der Waals surface area contributed by atoms with Crippen molar-refractivity contribution < 1.29 is 2.85 Å². The Balaban J connectivity index is -0.0000000817. The fourth-order valence-corrected chi connectivity index (χ4v) is 0.760. The zero-order chi connectivity index (χ0) is 6.41. The summed E-state index contributed by atoms with van der Waals surface area (Å²) in [6.45, 7) is 0. The molecule has 4 heteroatoms. The number of halogens is 1. The molecule has 9 heavy (non-hydrogen) atoms. The molecule has 2 nitrogen and oxygen atoms in total. The molecule has 54 valence electrons. The number of hydrogen-bond acceptors (Lipinski definition) is 2. The van der Waals surface area contributed by atoms with Gasteiger partial charge >= 0.3 is 23.1 Å². The molecule has 0 saturated heterocycles. The summed E-state index contributed by atoms with van der Waals surface area (Å²) in [7, 11) is 3.82. The third-order valence-electron chi connectivity index (χ3n) is 1.09. The standard InChI is InChI=1S/C5H13ClN2.Mg.2H/c1-7-5(8-2)3-4-6;;;/h5,7-8H,3-4H2,1-2H3;;;/q;+2;2*-1. The molecule has 0 unspecified atom stereocenters. The van der Waals surface area contributed by atoms with E-state index in [9.17, 15) is 0 Å². The molecule has 0 rings (SSSR count). The predicted molar refractivity (Wildman–Crippen MR) is 45.2 cm³/mol. The molecule has 0 aliphatic heterocycles. The minimum Gasteiger partial charge on any atom is -1.00 e. The summed E-state index contributed by atoms with van der Waals surface area (Å²) in [6, 6.07) is 0. The molecule has 0 heterocycles. The van der Waals surface area contributed by atoms with E-state index in [1.54, 1.807) is 0 Å². The van der Waals surface area contributed by atoms with E-state index in [-0.39, 0.29) is 25.9 Å².